The maximum atomic E-state index is 11.5. The van der Waals surface area contributed by atoms with Crippen molar-refractivity contribution < 1.29 is 4.79 Å². The fourth-order valence-corrected chi connectivity index (χ4v) is 1.53. The van der Waals surface area contributed by atoms with Crippen molar-refractivity contribution in [2.45, 2.75) is 32.2 Å². The monoisotopic (exact) mass is 182 g/mol. The van der Waals surface area contributed by atoms with Crippen LogP contribution in [0.1, 0.15) is 26.2 Å². The first-order chi connectivity index (χ1) is 6.24. The Kier molecular flexibility index (Phi) is 3.96. The second kappa shape index (κ2) is 5.02. The minimum atomic E-state index is 0.108. The van der Waals surface area contributed by atoms with Crippen LogP contribution >= 0.6 is 0 Å². The van der Waals surface area contributed by atoms with Crippen molar-refractivity contribution in [3.05, 3.63) is 12.2 Å². The Morgan fingerprint density at radius 3 is 3.08 bits per heavy atom. The number of likely N-dealkylation sites (tertiary alicyclic amines) is 1. The molecule has 1 aliphatic rings. The Labute approximate surface area is 79.6 Å². The predicted molar refractivity (Wildman–Crippen MR) is 53.2 cm³/mol. The first kappa shape index (κ1) is 10.3. The largest absolute Gasteiger partial charge is 0.338 e. The van der Waals surface area contributed by atoms with Crippen LogP contribution < -0.4 is 5.73 Å². The number of allylic oxidation sites excluding steroid dienone is 1. The maximum absolute atomic E-state index is 11.5. The molecule has 1 rings (SSSR count). The van der Waals surface area contributed by atoms with Crippen LogP contribution in [0.3, 0.4) is 0 Å². The van der Waals surface area contributed by atoms with Crippen molar-refractivity contribution in [1.82, 2.24) is 4.90 Å². The SMILES string of the molecule is CC/C=C/C(=O)N1CCC[C@@H](N)C1. The van der Waals surface area contributed by atoms with Crippen molar-refractivity contribution in [3.8, 4) is 0 Å². The summed E-state index contributed by atoms with van der Waals surface area (Å²) in [5.74, 6) is 0.108. The van der Waals surface area contributed by atoms with Crippen molar-refractivity contribution in [2.24, 2.45) is 5.73 Å². The van der Waals surface area contributed by atoms with Gasteiger partial charge in [0, 0.05) is 19.1 Å². The highest BCUT2D eigenvalue weighted by Crippen LogP contribution is 2.08. The lowest BCUT2D eigenvalue weighted by molar-refractivity contribution is -0.127. The Hall–Kier alpha value is -0.830. The third kappa shape index (κ3) is 3.19. The van der Waals surface area contributed by atoms with Gasteiger partial charge >= 0.3 is 0 Å². The molecular formula is C10H18N2O. The van der Waals surface area contributed by atoms with Crippen LogP contribution in [-0.2, 0) is 4.79 Å². The molecule has 0 radical (unpaired) electrons. The number of hydrogen-bond acceptors (Lipinski definition) is 2. The first-order valence-electron chi connectivity index (χ1n) is 4.95. The highest BCUT2D eigenvalue weighted by Gasteiger charge is 2.18. The standard InChI is InChI=1S/C10H18N2O/c1-2-3-6-10(13)12-7-4-5-9(11)8-12/h3,6,9H,2,4-5,7-8,11H2,1H3/b6-3+/t9-/m1/s1. The topological polar surface area (TPSA) is 46.3 Å². The number of amides is 1. The lowest BCUT2D eigenvalue weighted by Crippen LogP contribution is -2.45. The molecule has 0 saturated carbocycles. The van der Waals surface area contributed by atoms with Crippen LogP contribution in [0.2, 0.25) is 0 Å². The molecule has 1 amide bonds. The molecule has 1 fully saturated rings. The van der Waals surface area contributed by atoms with Crippen LogP contribution in [0.25, 0.3) is 0 Å². The Morgan fingerprint density at radius 1 is 1.69 bits per heavy atom. The van der Waals surface area contributed by atoms with E-state index in [1.54, 1.807) is 6.08 Å². The van der Waals surface area contributed by atoms with Crippen molar-refractivity contribution in [2.75, 3.05) is 13.1 Å². The van der Waals surface area contributed by atoms with Crippen LogP contribution in [-0.4, -0.2) is 29.9 Å². The van der Waals surface area contributed by atoms with Gasteiger partial charge < -0.3 is 10.6 Å². The maximum Gasteiger partial charge on any atom is 0.246 e. The molecule has 0 spiro atoms. The molecule has 3 heteroatoms. The molecule has 2 N–H and O–H groups in total. The van der Waals surface area contributed by atoms with Gasteiger partial charge in [0.15, 0.2) is 0 Å². The molecule has 0 unspecified atom stereocenters. The molecule has 1 heterocycles. The molecule has 0 aliphatic carbocycles. The average molecular weight is 182 g/mol. The molecular weight excluding hydrogens is 164 g/mol. The summed E-state index contributed by atoms with van der Waals surface area (Å²) in [5.41, 5.74) is 5.77. The lowest BCUT2D eigenvalue weighted by Gasteiger charge is -2.29. The Bertz CT molecular complexity index is 201. The third-order valence-electron chi connectivity index (χ3n) is 2.27. The molecule has 1 aliphatic heterocycles. The third-order valence-corrected chi connectivity index (χ3v) is 2.27. The number of carbonyl (C=O) groups is 1. The van der Waals surface area contributed by atoms with Gasteiger partial charge in [-0.15, -0.1) is 0 Å². The predicted octanol–water partition coefficient (Wildman–Crippen LogP) is 0.902. The van der Waals surface area contributed by atoms with Gasteiger partial charge in [0.05, 0.1) is 0 Å². The zero-order chi connectivity index (χ0) is 9.68. The summed E-state index contributed by atoms with van der Waals surface area (Å²) < 4.78 is 0. The number of nitrogens with two attached hydrogens (primary N) is 1. The smallest absolute Gasteiger partial charge is 0.246 e. The van der Waals surface area contributed by atoms with Crippen molar-refractivity contribution in [3.63, 3.8) is 0 Å². The van der Waals surface area contributed by atoms with Crippen LogP contribution in [0.15, 0.2) is 12.2 Å². The molecule has 0 aromatic heterocycles. The Balaban J connectivity index is 2.41. The van der Waals surface area contributed by atoms with Gasteiger partial charge in [0.1, 0.15) is 0 Å². The van der Waals surface area contributed by atoms with E-state index in [0.717, 1.165) is 25.8 Å². The number of hydrogen-bond donors (Lipinski definition) is 1. The molecule has 0 aromatic carbocycles. The number of rotatable bonds is 2. The van der Waals surface area contributed by atoms with Gasteiger partial charge in [0.25, 0.3) is 0 Å². The highest BCUT2D eigenvalue weighted by molar-refractivity contribution is 5.87. The summed E-state index contributed by atoms with van der Waals surface area (Å²) in [6.07, 6.45) is 6.53. The van der Waals surface area contributed by atoms with E-state index < -0.39 is 0 Å². The molecule has 1 atom stereocenters. The zero-order valence-electron chi connectivity index (χ0n) is 8.20. The quantitative estimate of drug-likeness (QED) is 0.645. The number of piperidine rings is 1. The summed E-state index contributed by atoms with van der Waals surface area (Å²) >= 11 is 0. The van der Waals surface area contributed by atoms with Gasteiger partial charge in [-0.3, -0.25) is 4.79 Å². The summed E-state index contributed by atoms with van der Waals surface area (Å²) in [6.45, 7) is 3.60. The lowest BCUT2D eigenvalue weighted by atomic mass is 10.1. The van der Waals surface area contributed by atoms with E-state index in [4.69, 9.17) is 5.73 Å². The second-order valence-electron chi connectivity index (χ2n) is 3.50. The van der Waals surface area contributed by atoms with E-state index >= 15 is 0 Å². The molecule has 0 aromatic rings. The number of nitrogens with zero attached hydrogens (tertiary/aromatic N) is 1. The zero-order valence-corrected chi connectivity index (χ0v) is 8.20. The van der Waals surface area contributed by atoms with Crippen LogP contribution in [0, 0.1) is 0 Å². The molecule has 13 heavy (non-hydrogen) atoms. The van der Waals surface area contributed by atoms with E-state index in [1.165, 1.54) is 0 Å². The van der Waals surface area contributed by atoms with Gasteiger partial charge in [-0.1, -0.05) is 13.0 Å². The average Bonchev–Trinajstić information content (AvgIpc) is 2.14. The fraction of sp³-hybridized carbons (Fsp3) is 0.700. The van der Waals surface area contributed by atoms with E-state index in [0.29, 0.717) is 6.54 Å². The first-order valence-corrected chi connectivity index (χ1v) is 4.95. The molecule has 3 nitrogen and oxygen atoms in total. The Morgan fingerprint density at radius 2 is 2.46 bits per heavy atom. The van der Waals surface area contributed by atoms with Crippen LogP contribution in [0.4, 0.5) is 0 Å². The highest BCUT2D eigenvalue weighted by atomic mass is 16.2. The second-order valence-corrected chi connectivity index (χ2v) is 3.50. The van der Waals surface area contributed by atoms with Crippen LogP contribution in [0.5, 0.6) is 0 Å². The normalized spacial score (nSPS) is 23.8. The van der Waals surface area contributed by atoms with Gasteiger partial charge in [-0.2, -0.15) is 0 Å². The van der Waals surface area contributed by atoms with Gasteiger partial charge in [0.2, 0.25) is 5.91 Å². The summed E-state index contributed by atoms with van der Waals surface area (Å²) in [7, 11) is 0. The van der Waals surface area contributed by atoms with E-state index in [-0.39, 0.29) is 11.9 Å². The van der Waals surface area contributed by atoms with E-state index in [2.05, 4.69) is 0 Å². The number of carbonyl (C=O) groups excluding carboxylic acids is 1. The summed E-state index contributed by atoms with van der Waals surface area (Å²) in [6, 6.07) is 0.174. The van der Waals surface area contributed by atoms with Gasteiger partial charge in [-0.05, 0) is 25.3 Å². The fourth-order valence-electron chi connectivity index (χ4n) is 1.53. The molecule has 1 saturated heterocycles. The molecule has 0 bridgehead atoms. The minimum absolute atomic E-state index is 0.108. The van der Waals surface area contributed by atoms with E-state index in [9.17, 15) is 4.79 Å². The van der Waals surface area contributed by atoms with E-state index in [1.807, 2.05) is 17.9 Å². The molecule has 74 valence electrons. The van der Waals surface area contributed by atoms with Gasteiger partial charge in [-0.25, -0.2) is 0 Å². The van der Waals surface area contributed by atoms with Crippen molar-refractivity contribution in [1.29, 1.82) is 0 Å². The summed E-state index contributed by atoms with van der Waals surface area (Å²) in [5, 5.41) is 0. The van der Waals surface area contributed by atoms with Crippen molar-refractivity contribution >= 4 is 5.91 Å². The summed E-state index contributed by atoms with van der Waals surface area (Å²) in [4.78, 5) is 13.3. The minimum Gasteiger partial charge on any atom is -0.338 e.